The van der Waals surface area contributed by atoms with Gasteiger partial charge in [0.25, 0.3) is 0 Å². The lowest BCUT2D eigenvalue weighted by Crippen LogP contribution is -2.54. The van der Waals surface area contributed by atoms with Crippen LogP contribution in [-0.2, 0) is 0 Å². The third-order valence-electron chi connectivity index (χ3n) is 5.68. The lowest BCUT2D eigenvalue weighted by molar-refractivity contribution is -0.0997. The molecule has 0 aromatic rings. The SMILES string of the molecule is CCCCNCC12CC3CC(CC(C)(C3)C1)C2. The van der Waals surface area contributed by atoms with Crippen LogP contribution in [0.2, 0.25) is 0 Å². The zero-order valence-electron chi connectivity index (χ0n) is 11.7. The minimum absolute atomic E-state index is 0.701. The van der Waals surface area contributed by atoms with Crippen LogP contribution >= 0.6 is 0 Å². The molecule has 4 fully saturated rings. The number of unbranched alkanes of at least 4 members (excludes halogenated alkanes) is 1. The van der Waals surface area contributed by atoms with Crippen LogP contribution in [0.3, 0.4) is 0 Å². The van der Waals surface area contributed by atoms with Gasteiger partial charge in [-0.15, -0.1) is 0 Å². The van der Waals surface area contributed by atoms with E-state index >= 15 is 0 Å². The smallest absolute Gasteiger partial charge is 0.000821 e. The van der Waals surface area contributed by atoms with Gasteiger partial charge in [0, 0.05) is 6.54 Å². The molecular formula is C16H29N. The monoisotopic (exact) mass is 235 g/mol. The number of nitrogens with one attached hydrogen (secondary N) is 1. The fourth-order valence-electron chi connectivity index (χ4n) is 5.79. The van der Waals surface area contributed by atoms with Gasteiger partial charge in [0.1, 0.15) is 0 Å². The maximum absolute atomic E-state index is 3.76. The Morgan fingerprint density at radius 1 is 1.12 bits per heavy atom. The topological polar surface area (TPSA) is 12.0 Å². The zero-order valence-corrected chi connectivity index (χ0v) is 11.7. The largest absolute Gasteiger partial charge is 0.316 e. The molecule has 0 aromatic carbocycles. The highest BCUT2D eigenvalue weighted by Crippen LogP contribution is 2.64. The average Bonchev–Trinajstić information content (AvgIpc) is 2.21. The summed E-state index contributed by atoms with van der Waals surface area (Å²) < 4.78 is 0. The van der Waals surface area contributed by atoms with Crippen LogP contribution in [0.15, 0.2) is 0 Å². The Morgan fingerprint density at radius 3 is 2.41 bits per heavy atom. The lowest BCUT2D eigenvalue weighted by atomic mass is 9.44. The molecule has 4 aliphatic carbocycles. The van der Waals surface area contributed by atoms with E-state index in [9.17, 15) is 0 Å². The molecule has 2 unspecified atom stereocenters. The molecule has 0 heterocycles. The third kappa shape index (κ3) is 2.28. The van der Waals surface area contributed by atoms with E-state index in [2.05, 4.69) is 19.2 Å². The maximum atomic E-state index is 3.76. The molecular weight excluding hydrogens is 206 g/mol. The molecule has 1 heteroatoms. The minimum atomic E-state index is 0.701. The first-order chi connectivity index (χ1) is 8.13. The van der Waals surface area contributed by atoms with Crippen molar-refractivity contribution in [2.45, 2.75) is 65.2 Å². The standard InChI is InChI=1S/C16H29N/c1-3-4-5-17-12-16-9-13-6-14(10-16)8-15(2,7-13)11-16/h13-14,17H,3-12H2,1-2H3. The summed E-state index contributed by atoms with van der Waals surface area (Å²) in [6.45, 7) is 7.42. The van der Waals surface area contributed by atoms with Gasteiger partial charge in [-0.05, 0) is 74.2 Å². The van der Waals surface area contributed by atoms with Crippen LogP contribution in [0.5, 0.6) is 0 Å². The van der Waals surface area contributed by atoms with Crippen molar-refractivity contribution in [1.29, 1.82) is 0 Å². The molecule has 1 nitrogen and oxygen atoms in total. The predicted octanol–water partition coefficient (Wildman–Crippen LogP) is 3.98. The second-order valence-corrected chi connectivity index (χ2v) is 7.80. The second-order valence-electron chi connectivity index (χ2n) is 7.80. The molecule has 98 valence electrons. The molecule has 0 aromatic heterocycles. The van der Waals surface area contributed by atoms with E-state index in [4.69, 9.17) is 0 Å². The van der Waals surface area contributed by atoms with Crippen molar-refractivity contribution in [3.05, 3.63) is 0 Å². The Morgan fingerprint density at radius 2 is 1.82 bits per heavy atom. The molecule has 0 aliphatic heterocycles. The summed E-state index contributed by atoms with van der Waals surface area (Å²) in [5, 5.41) is 3.76. The van der Waals surface area contributed by atoms with Crippen LogP contribution in [0.4, 0.5) is 0 Å². The van der Waals surface area contributed by atoms with Crippen molar-refractivity contribution in [1.82, 2.24) is 5.32 Å². The molecule has 17 heavy (non-hydrogen) atoms. The van der Waals surface area contributed by atoms with Gasteiger partial charge in [0.15, 0.2) is 0 Å². The van der Waals surface area contributed by atoms with Crippen molar-refractivity contribution >= 4 is 0 Å². The van der Waals surface area contributed by atoms with Gasteiger partial charge in [-0.2, -0.15) is 0 Å². The zero-order chi connectivity index (χ0) is 11.9. The van der Waals surface area contributed by atoms with Crippen molar-refractivity contribution in [2.24, 2.45) is 22.7 Å². The van der Waals surface area contributed by atoms with Gasteiger partial charge in [0.05, 0.1) is 0 Å². The summed E-state index contributed by atoms with van der Waals surface area (Å²) in [5.74, 6) is 2.16. The summed E-state index contributed by atoms with van der Waals surface area (Å²) >= 11 is 0. The second kappa shape index (κ2) is 4.26. The van der Waals surface area contributed by atoms with Crippen LogP contribution in [0.1, 0.15) is 65.2 Å². The van der Waals surface area contributed by atoms with Crippen LogP contribution in [0.25, 0.3) is 0 Å². The van der Waals surface area contributed by atoms with Gasteiger partial charge >= 0.3 is 0 Å². The summed E-state index contributed by atoms with van der Waals surface area (Å²) in [5.41, 5.74) is 1.42. The molecule has 1 N–H and O–H groups in total. The fraction of sp³-hybridized carbons (Fsp3) is 1.00. The van der Waals surface area contributed by atoms with Crippen LogP contribution in [-0.4, -0.2) is 13.1 Å². The number of rotatable bonds is 5. The number of hydrogen-bond acceptors (Lipinski definition) is 1. The molecule has 4 saturated carbocycles. The Kier molecular flexibility index (Phi) is 3.01. The van der Waals surface area contributed by atoms with Gasteiger partial charge < -0.3 is 5.32 Å². The first-order valence-electron chi connectivity index (χ1n) is 7.84. The van der Waals surface area contributed by atoms with Crippen molar-refractivity contribution in [3.8, 4) is 0 Å². The summed E-state index contributed by atoms with van der Waals surface area (Å²) in [4.78, 5) is 0. The Bertz CT molecular complexity index is 269. The Labute approximate surface area is 107 Å². The highest BCUT2D eigenvalue weighted by atomic mass is 14.9. The minimum Gasteiger partial charge on any atom is -0.316 e. The summed E-state index contributed by atoms with van der Waals surface area (Å²) in [7, 11) is 0. The van der Waals surface area contributed by atoms with E-state index in [-0.39, 0.29) is 0 Å². The van der Waals surface area contributed by atoms with E-state index in [1.807, 2.05) is 0 Å². The van der Waals surface area contributed by atoms with Gasteiger partial charge in [-0.25, -0.2) is 0 Å². The molecule has 0 saturated heterocycles. The first kappa shape index (κ1) is 12.0. The van der Waals surface area contributed by atoms with E-state index in [1.54, 1.807) is 19.3 Å². The van der Waals surface area contributed by atoms with E-state index in [0.29, 0.717) is 5.41 Å². The van der Waals surface area contributed by atoms with Crippen LogP contribution < -0.4 is 5.32 Å². The van der Waals surface area contributed by atoms with Crippen molar-refractivity contribution < 1.29 is 0 Å². The molecule has 4 rings (SSSR count). The van der Waals surface area contributed by atoms with Gasteiger partial charge in [0.2, 0.25) is 0 Å². The van der Waals surface area contributed by atoms with Crippen LogP contribution in [0, 0.1) is 22.7 Å². The molecule has 0 spiro atoms. The predicted molar refractivity (Wildman–Crippen MR) is 73.0 cm³/mol. The number of hydrogen-bond donors (Lipinski definition) is 1. The highest BCUT2D eigenvalue weighted by molar-refractivity contribution is 5.06. The lowest BCUT2D eigenvalue weighted by Gasteiger charge is -2.61. The Balaban J connectivity index is 1.62. The third-order valence-corrected chi connectivity index (χ3v) is 5.68. The molecule has 4 bridgehead atoms. The van der Waals surface area contributed by atoms with Crippen molar-refractivity contribution in [3.63, 3.8) is 0 Å². The van der Waals surface area contributed by atoms with E-state index < -0.39 is 0 Å². The molecule has 0 amide bonds. The van der Waals surface area contributed by atoms with Crippen molar-refractivity contribution in [2.75, 3.05) is 13.1 Å². The normalized spacial score (nSPS) is 47.6. The van der Waals surface area contributed by atoms with E-state index in [1.165, 1.54) is 45.2 Å². The fourth-order valence-corrected chi connectivity index (χ4v) is 5.79. The summed E-state index contributed by atoms with van der Waals surface area (Å²) in [6.07, 6.45) is 11.9. The average molecular weight is 235 g/mol. The Hall–Kier alpha value is -0.0400. The molecule has 4 aliphatic rings. The van der Waals surface area contributed by atoms with Gasteiger partial charge in [-0.1, -0.05) is 20.3 Å². The molecule has 2 atom stereocenters. The van der Waals surface area contributed by atoms with Gasteiger partial charge in [-0.3, -0.25) is 0 Å². The highest BCUT2D eigenvalue weighted by Gasteiger charge is 2.55. The molecule has 0 radical (unpaired) electrons. The maximum Gasteiger partial charge on any atom is 0.000821 e. The summed E-state index contributed by atoms with van der Waals surface area (Å²) in [6, 6.07) is 0. The van der Waals surface area contributed by atoms with E-state index in [0.717, 1.165) is 17.3 Å². The first-order valence-corrected chi connectivity index (χ1v) is 7.84. The quantitative estimate of drug-likeness (QED) is 0.711.